The fraction of sp³-hybridized carbons (Fsp3) is 0.100. The molecule has 3 aromatic carbocycles. The lowest BCUT2D eigenvalue weighted by molar-refractivity contribution is 0.432. The summed E-state index contributed by atoms with van der Waals surface area (Å²) >= 11 is 0. The first-order chi connectivity index (χ1) is 10.7. The standard InChI is InChI=1S/C20H20N2/c21-19(16-10-4-1-5-11-16)20(22,17-12-6-2-7-13-17)18-14-8-3-9-15-18/h1-15,19H,21-22H2. The van der Waals surface area contributed by atoms with Crippen molar-refractivity contribution in [3.8, 4) is 0 Å². The number of benzene rings is 3. The van der Waals surface area contributed by atoms with E-state index < -0.39 is 5.54 Å². The third-order valence-corrected chi connectivity index (χ3v) is 4.15. The molecule has 3 aromatic rings. The van der Waals surface area contributed by atoms with Crippen molar-refractivity contribution < 1.29 is 0 Å². The minimum Gasteiger partial charge on any atom is -0.322 e. The van der Waals surface area contributed by atoms with Crippen LogP contribution in [0.15, 0.2) is 91.0 Å². The van der Waals surface area contributed by atoms with Gasteiger partial charge in [0.25, 0.3) is 0 Å². The second-order valence-electron chi connectivity index (χ2n) is 5.49. The predicted octanol–water partition coefficient (Wildman–Crippen LogP) is 3.59. The van der Waals surface area contributed by atoms with E-state index in [0.29, 0.717) is 0 Å². The Kier molecular flexibility index (Phi) is 4.05. The van der Waals surface area contributed by atoms with Gasteiger partial charge >= 0.3 is 0 Å². The summed E-state index contributed by atoms with van der Waals surface area (Å²) in [5.41, 5.74) is 15.8. The largest absolute Gasteiger partial charge is 0.322 e. The molecule has 0 spiro atoms. The van der Waals surface area contributed by atoms with E-state index in [1.54, 1.807) is 0 Å². The van der Waals surface area contributed by atoms with Gasteiger partial charge in [0.2, 0.25) is 0 Å². The fourth-order valence-corrected chi connectivity index (χ4v) is 2.88. The average molecular weight is 288 g/mol. The molecular weight excluding hydrogens is 268 g/mol. The predicted molar refractivity (Wildman–Crippen MR) is 91.2 cm³/mol. The lowest BCUT2D eigenvalue weighted by Gasteiger charge is -2.37. The quantitative estimate of drug-likeness (QED) is 0.771. The summed E-state index contributed by atoms with van der Waals surface area (Å²) in [4.78, 5) is 0. The zero-order chi connectivity index (χ0) is 15.4. The summed E-state index contributed by atoms with van der Waals surface area (Å²) < 4.78 is 0. The SMILES string of the molecule is NC(c1ccccc1)C(N)(c1ccccc1)c1ccccc1. The summed E-state index contributed by atoms with van der Waals surface area (Å²) in [6.07, 6.45) is 0. The van der Waals surface area contributed by atoms with E-state index in [0.717, 1.165) is 16.7 Å². The molecule has 0 saturated carbocycles. The van der Waals surface area contributed by atoms with Crippen LogP contribution in [0.2, 0.25) is 0 Å². The van der Waals surface area contributed by atoms with Crippen LogP contribution < -0.4 is 11.5 Å². The fourth-order valence-electron chi connectivity index (χ4n) is 2.88. The molecule has 0 aliphatic heterocycles. The van der Waals surface area contributed by atoms with Crippen LogP contribution in [0.5, 0.6) is 0 Å². The first-order valence-corrected chi connectivity index (χ1v) is 7.43. The zero-order valence-electron chi connectivity index (χ0n) is 12.4. The smallest absolute Gasteiger partial charge is 0.0861 e. The van der Waals surface area contributed by atoms with Gasteiger partial charge < -0.3 is 11.5 Å². The maximum atomic E-state index is 6.89. The van der Waals surface area contributed by atoms with Gasteiger partial charge in [0.05, 0.1) is 11.6 Å². The van der Waals surface area contributed by atoms with Crippen molar-refractivity contribution in [1.82, 2.24) is 0 Å². The zero-order valence-corrected chi connectivity index (χ0v) is 12.4. The lowest BCUT2D eigenvalue weighted by Crippen LogP contribution is -2.47. The van der Waals surface area contributed by atoms with Gasteiger partial charge in [-0.05, 0) is 16.7 Å². The normalized spacial score (nSPS) is 12.8. The molecule has 2 nitrogen and oxygen atoms in total. The maximum Gasteiger partial charge on any atom is 0.0861 e. The summed E-state index contributed by atoms with van der Waals surface area (Å²) in [6.45, 7) is 0. The Labute approximate surface area is 131 Å². The molecule has 22 heavy (non-hydrogen) atoms. The summed E-state index contributed by atoms with van der Waals surface area (Å²) in [6, 6.07) is 29.8. The Morgan fingerprint density at radius 3 is 1.36 bits per heavy atom. The van der Waals surface area contributed by atoms with Crippen molar-refractivity contribution >= 4 is 0 Å². The van der Waals surface area contributed by atoms with E-state index in [9.17, 15) is 0 Å². The second kappa shape index (κ2) is 6.14. The minimum atomic E-state index is -0.774. The van der Waals surface area contributed by atoms with Crippen molar-refractivity contribution in [2.75, 3.05) is 0 Å². The third kappa shape index (κ3) is 2.54. The minimum absolute atomic E-state index is 0.335. The molecular formula is C20H20N2. The van der Waals surface area contributed by atoms with Crippen molar-refractivity contribution in [2.45, 2.75) is 11.6 Å². The van der Waals surface area contributed by atoms with Crippen LogP contribution in [0, 0.1) is 0 Å². The van der Waals surface area contributed by atoms with Crippen molar-refractivity contribution in [3.63, 3.8) is 0 Å². The maximum absolute atomic E-state index is 6.89. The molecule has 0 aromatic heterocycles. The molecule has 4 N–H and O–H groups in total. The molecule has 0 radical (unpaired) electrons. The molecule has 0 aliphatic rings. The molecule has 0 bridgehead atoms. The topological polar surface area (TPSA) is 52.0 Å². The summed E-state index contributed by atoms with van der Waals surface area (Å²) in [7, 11) is 0. The average Bonchev–Trinajstić information content (AvgIpc) is 2.62. The van der Waals surface area contributed by atoms with E-state index in [4.69, 9.17) is 11.5 Å². The van der Waals surface area contributed by atoms with E-state index >= 15 is 0 Å². The van der Waals surface area contributed by atoms with Crippen molar-refractivity contribution in [3.05, 3.63) is 108 Å². The van der Waals surface area contributed by atoms with E-state index in [2.05, 4.69) is 0 Å². The third-order valence-electron chi connectivity index (χ3n) is 4.15. The van der Waals surface area contributed by atoms with Gasteiger partial charge in [0.1, 0.15) is 0 Å². The number of nitrogens with two attached hydrogens (primary N) is 2. The van der Waals surface area contributed by atoms with Crippen molar-refractivity contribution in [1.29, 1.82) is 0 Å². The molecule has 0 aliphatic carbocycles. The first-order valence-electron chi connectivity index (χ1n) is 7.43. The van der Waals surface area contributed by atoms with Crippen LogP contribution in [0.4, 0.5) is 0 Å². The van der Waals surface area contributed by atoms with Crippen LogP contribution in [0.3, 0.4) is 0 Å². The Morgan fingerprint density at radius 1 is 0.591 bits per heavy atom. The lowest BCUT2D eigenvalue weighted by atomic mass is 9.75. The van der Waals surface area contributed by atoms with Gasteiger partial charge in [-0.1, -0.05) is 91.0 Å². The van der Waals surface area contributed by atoms with Gasteiger partial charge in [-0.2, -0.15) is 0 Å². The summed E-state index contributed by atoms with van der Waals surface area (Å²) in [5, 5.41) is 0. The molecule has 0 amide bonds. The highest BCUT2D eigenvalue weighted by molar-refractivity contribution is 5.42. The Hall–Kier alpha value is -2.42. The number of hydrogen-bond acceptors (Lipinski definition) is 2. The van der Waals surface area contributed by atoms with Gasteiger partial charge in [0.15, 0.2) is 0 Å². The highest BCUT2D eigenvalue weighted by atomic mass is 14.9. The Bertz CT molecular complexity index is 669. The number of rotatable bonds is 4. The second-order valence-corrected chi connectivity index (χ2v) is 5.49. The van der Waals surface area contributed by atoms with Gasteiger partial charge in [-0.25, -0.2) is 0 Å². The van der Waals surface area contributed by atoms with Crippen LogP contribution in [0.25, 0.3) is 0 Å². The first kappa shape index (κ1) is 14.5. The monoisotopic (exact) mass is 288 g/mol. The van der Waals surface area contributed by atoms with E-state index in [-0.39, 0.29) is 6.04 Å². The molecule has 0 fully saturated rings. The van der Waals surface area contributed by atoms with Gasteiger partial charge in [-0.3, -0.25) is 0 Å². The number of hydrogen-bond donors (Lipinski definition) is 2. The Morgan fingerprint density at radius 2 is 0.955 bits per heavy atom. The molecule has 0 heterocycles. The van der Waals surface area contributed by atoms with Crippen LogP contribution in [0.1, 0.15) is 22.7 Å². The van der Waals surface area contributed by atoms with Gasteiger partial charge in [0, 0.05) is 0 Å². The summed E-state index contributed by atoms with van der Waals surface area (Å²) in [5.74, 6) is 0. The van der Waals surface area contributed by atoms with Crippen molar-refractivity contribution in [2.24, 2.45) is 11.5 Å². The molecule has 0 saturated heterocycles. The molecule has 1 atom stereocenters. The molecule has 1 unspecified atom stereocenters. The Balaban J connectivity index is 2.16. The van der Waals surface area contributed by atoms with Crippen LogP contribution in [-0.2, 0) is 5.54 Å². The van der Waals surface area contributed by atoms with Gasteiger partial charge in [-0.15, -0.1) is 0 Å². The molecule has 2 heteroatoms. The molecule has 3 rings (SSSR count). The highest BCUT2D eigenvalue weighted by Crippen LogP contribution is 2.37. The van der Waals surface area contributed by atoms with Crippen LogP contribution >= 0.6 is 0 Å². The highest BCUT2D eigenvalue weighted by Gasteiger charge is 2.37. The molecule has 110 valence electrons. The van der Waals surface area contributed by atoms with Crippen LogP contribution in [-0.4, -0.2) is 0 Å². The van der Waals surface area contributed by atoms with E-state index in [1.807, 2.05) is 91.0 Å². The van der Waals surface area contributed by atoms with E-state index in [1.165, 1.54) is 0 Å².